The highest BCUT2D eigenvalue weighted by Crippen LogP contribution is 2.40. The Kier molecular flexibility index (Phi) is 4.68. The average Bonchev–Trinajstić information content (AvgIpc) is 3.51. The molecule has 5 nitrogen and oxygen atoms in total. The van der Waals surface area contributed by atoms with Gasteiger partial charge in [-0.15, -0.1) is 0 Å². The van der Waals surface area contributed by atoms with E-state index in [9.17, 15) is 4.79 Å². The number of rotatable bonds is 5. The van der Waals surface area contributed by atoms with E-state index >= 15 is 0 Å². The van der Waals surface area contributed by atoms with Crippen LogP contribution in [-0.2, 0) is 4.74 Å². The summed E-state index contributed by atoms with van der Waals surface area (Å²) < 4.78 is 5.40. The molecule has 0 bridgehead atoms. The molecule has 1 unspecified atom stereocenters. The van der Waals surface area contributed by atoms with Crippen LogP contribution in [0.25, 0.3) is 10.9 Å². The molecule has 2 aliphatic rings. The largest absolute Gasteiger partial charge is 0.379 e. The van der Waals surface area contributed by atoms with Gasteiger partial charge in [0, 0.05) is 42.7 Å². The standard InChI is InChI=1S/C20H25N3O2/c1-14(23-8-10-25-11-9-23)13-21-20(24)17-12-19(15-6-7-15)22-18-5-3-2-4-16(17)18/h2-5,12,14-15H,6-11,13H2,1H3,(H,21,24). The first-order valence-corrected chi connectivity index (χ1v) is 9.22. The molecule has 132 valence electrons. The first-order chi connectivity index (χ1) is 12.2. The second-order valence-corrected chi connectivity index (χ2v) is 7.09. The number of aromatic nitrogens is 1. The Morgan fingerprint density at radius 3 is 2.84 bits per heavy atom. The lowest BCUT2D eigenvalue weighted by molar-refractivity contribution is 0.0204. The van der Waals surface area contributed by atoms with E-state index < -0.39 is 0 Å². The van der Waals surface area contributed by atoms with Gasteiger partial charge in [-0.25, -0.2) is 0 Å². The topological polar surface area (TPSA) is 54.5 Å². The van der Waals surface area contributed by atoms with Crippen LogP contribution in [-0.4, -0.2) is 54.7 Å². The number of carbonyl (C=O) groups is 1. The minimum atomic E-state index is 0.000564. The number of hydrogen-bond donors (Lipinski definition) is 1. The summed E-state index contributed by atoms with van der Waals surface area (Å²) in [5.74, 6) is 0.532. The number of nitrogens with zero attached hydrogens (tertiary/aromatic N) is 2. The molecule has 1 atom stereocenters. The number of morpholine rings is 1. The van der Waals surface area contributed by atoms with E-state index in [4.69, 9.17) is 9.72 Å². The van der Waals surface area contributed by atoms with Crippen molar-refractivity contribution in [2.24, 2.45) is 0 Å². The van der Waals surface area contributed by atoms with E-state index in [-0.39, 0.29) is 5.91 Å². The SMILES string of the molecule is CC(CNC(=O)c1cc(C2CC2)nc2ccccc12)N1CCOCC1. The van der Waals surface area contributed by atoms with Crippen molar-refractivity contribution in [3.05, 3.63) is 41.6 Å². The minimum absolute atomic E-state index is 0.000564. The van der Waals surface area contributed by atoms with E-state index in [0.29, 0.717) is 18.5 Å². The number of pyridine rings is 1. The van der Waals surface area contributed by atoms with Crippen molar-refractivity contribution >= 4 is 16.8 Å². The van der Waals surface area contributed by atoms with Crippen LogP contribution >= 0.6 is 0 Å². The summed E-state index contributed by atoms with van der Waals surface area (Å²) in [6.45, 7) is 6.22. The molecule has 1 aromatic carbocycles. The molecule has 5 heteroatoms. The van der Waals surface area contributed by atoms with Crippen molar-refractivity contribution in [3.8, 4) is 0 Å². The molecule has 1 saturated carbocycles. The Labute approximate surface area is 148 Å². The Morgan fingerprint density at radius 2 is 2.08 bits per heavy atom. The van der Waals surface area contributed by atoms with Gasteiger partial charge in [0.2, 0.25) is 0 Å². The molecule has 2 aromatic rings. The first kappa shape index (κ1) is 16.5. The summed E-state index contributed by atoms with van der Waals surface area (Å²) in [5, 5.41) is 4.06. The molecule has 25 heavy (non-hydrogen) atoms. The number of para-hydroxylation sites is 1. The van der Waals surface area contributed by atoms with Gasteiger partial charge in [-0.2, -0.15) is 0 Å². The highest BCUT2D eigenvalue weighted by molar-refractivity contribution is 6.06. The molecule has 1 aliphatic heterocycles. The van der Waals surface area contributed by atoms with Crippen LogP contribution in [0.1, 0.15) is 41.7 Å². The molecule has 1 N–H and O–H groups in total. The lowest BCUT2D eigenvalue weighted by Crippen LogP contribution is -2.47. The Balaban J connectivity index is 1.51. The summed E-state index contributed by atoms with van der Waals surface area (Å²) in [6.07, 6.45) is 2.36. The molecule has 4 rings (SSSR count). The lowest BCUT2D eigenvalue weighted by atomic mass is 10.1. The normalized spacial score (nSPS) is 19.7. The lowest BCUT2D eigenvalue weighted by Gasteiger charge is -2.32. The highest BCUT2D eigenvalue weighted by atomic mass is 16.5. The zero-order valence-electron chi connectivity index (χ0n) is 14.7. The summed E-state index contributed by atoms with van der Waals surface area (Å²) >= 11 is 0. The summed E-state index contributed by atoms with van der Waals surface area (Å²) in [5.41, 5.74) is 2.73. The zero-order chi connectivity index (χ0) is 17.2. The number of ether oxygens (including phenoxy) is 1. The van der Waals surface area contributed by atoms with Crippen LogP contribution in [0, 0.1) is 0 Å². The fraction of sp³-hybridized carbons (Fsp3) is 0.500. The number of amides is 1. The molecular formula is C20H25N3O2. The van der Waals surface area contributed by atoms with Crippen molar-refractivity contribution in [1.29, 1.82) is 0 Å². The molecule has 1 saturated heterocycles. The molecular weight excluding hydrogens is 314 g/mol. The zero-order valence-corrected chi connectivity index (χ0v) is 14.7. The van der Waals surface area contributed by atoms with E-state index in [1.807, 2.05) is 30.3 Å². The average molecular weight is 339 g/mol. The van der Waals surface area contributed by atoms with Crippen molar-refractivity contribution in [1.82, 2.24) is 15.2 Å². The first-order valence-electron chi connectivity index (χ1n) is 9.22. The third-order valence-corrected chi connectivity index (χ3v) is 5.20. The van der Waals surface area contributed by atoms with Gasteiger partial charge >= 0.3 is 0 Å². The van der Waals surface area contributed by atoms with Crippen LogP contribution in [0.4, 0.5) is 0 Å². The monoisotopic (exact) mass is 339 g/mol. The molecule has 1 amide bonds. The van der Waals surface area contributed by atoms with Crippen molar-refractivity contribution in [3.63, 3.8) is 0 Å². The van der Waals surface area contributed by atoms with Crippen LogP contribution in [0.15, 0.2) is 30.3 Å². The predicted octanol–water partition coefficient (Wildman–Crippen LogP) is 2.56. The quantitative estimate of drug-likeness (QED) is 0.910. The van der Waals surface area contributed by atoms with E-state index in [1.54, 1.807) is 0 Å². The van der Waals surface area contributed by atoms with Crippen LogP contribution in [0.5, 0.6) is 0 Å². The maximum atomic E-state index is 12.9. The van der Waals surface area contributed by atoms with E-state index in [2.05, 4.69) is 17.1 Å². The fourth-order valence-corrected chi connectivity index (χ4v) is 3.45. The predicted molar refractivity (Wildman–Crippen MR) is 97.9 cm³/mol. The van der Waals surface area contributed by atoms with E-state index in [1.165, 1.54) is 12.8 Å². The molecule has 1 aromatic heterocycles. The second kappa shape index (κ2) is 7.10. The third kappa shape index (κ3) is 3.67. The van der Waals surface area contributed by atoms with Gasteiger partial charge in [0.05, 0.1) is 24.3 Å². The van der Waals surface area contributed by atoms with Crippen molar-refractivity contribution in [2.45, 2.75) is 31.7 Å². The van der Waals surface area contributed by atoms with Gasteiger partial charge in [-0.1, -0.05) is 18.2 Å². The molecule has 2 heterocycles. The van der Waals surface area contributed by atoms with Gasteiger partial charge in [-0.3, -0.25) is 14.7 Å². The summed E-state index contributed by atoms with van der Waals surface area (Å²) in [6, 6.07) is 10.2. The minimum Gasteiger partial charge on any atom is -0.379 e. The Hall–Kier alpha value is -1.98. The fourth-order valence-electron chi connectivity index (χ4n) is 3.45. The van der Waals surface area contributed by atoms with Crippen molar-refractivity contribution in [2.75, 3.05) is 32.8 Å². The molecule has 1 aliphatic carbocycles. The maximum Gasteiger partial charge on any atom is 0.252 e. The van der Waals surface area contributed by atoms with E-state index in [0.717, 1.165) is 48.5 Å². The molecule has 0 spiro atoms. The summed E-state index contributed by atoms with van der Waals surface area (Å²) in [4.78, 5) is 20.0. The van der Waals surface area contributed by atoms with Crippen LogP contribution in [0.2, 0.25) is 0 Å². The number of hydrogen-bond acceptors (Lipinski definition) is 4. The second-order valence-electron chi connectivity index (χ2n) is 7.09. The van der Waals surface area contributed by atoms with Crippen molar-refractivity contribution < 1.29 is 9.53 Å². The number of carbonyl (C=O) groups excluding carboxylic acids is 1. The maximum absolute atomic E-state index is 12.9. The van der Waals surface area contributed by atoms with Crippen LogP contribution in [0.3, 0.4) is 0 Å². The Bertz CT molecular complexity index is 767. The van der Waals surface area contributed by atoms with Gasteiger partial charge in [-0.05, 0) is 31.9 Å². The van der Waals surface area contributed by atoms with Crippen LogP contribution < -0.4 is 5.32 Å². The number of nitrogens with one attached hydrogen (secondary N) is 1. The summed E-state index contributed by atoms with van der Waals surface area (Å²) in [7, 11) is 0. The van der Waals surface area contributed by atoms with Gasteiger partial charge < -0.3 is 10.1 Å². The van der Waals surface area contributed by atoms with Gasteiger partial charge in [0.25, 0.3) is 5.91 Å². The number of fused-ring (bicyclic) bond motifs is 1. The van der Waals surface area contributed by atoms with Gasteiger partial charge in [0.15, 0.2) is 0 Å². The number of benzene rings is 1. The smallest absolute Gasteiger partial charge is 0.252 e. The third-order valence-electron chi connectivity index (χ3n) is 5.20. The molecule has 2 fully saturated rings. The molecule has 0 radical (unpaired) electrons. The Morgan fingerprint density at radius 1 is 1.32 bits per heavy atom. The highest BCUT2D eigenvalue weighted by Gasteiger charge is 2.27. The van der Waals surface area contributed by atoms with Gasteiger partial charge in [0.1, 0.15) is 0 Å².